The second kappa shape index (κ2) is 7.23. The molecule has 0 amide bonds. The third-order valence-electron chi connectivity index (χ3n) is 5.09. The molecule has 0 aliphatic carbocycles. The van der Waals surface area contributed by atoms with Gasteiger partial charge in [-0.15, -0.1) is 0 Å². The summed E-state index contributed by atoms with van der Waals surface area (Å²) in [7, 11) is 0. The molecule has 134 valence electrons. The van der Waals surface area contributed by atoms with Gasteiger partial charge in [0.25, 0.3) is 0 Å². The van der Waals surface area contributed by atoms with E-state index >= 15 is 0 Å². The van der Waals surface area contributed by atoms with Crippen molar-refractivity contribution in [2.75, 3.05) is 13.1 Å². The highest BCUT2D eigenvalue weighted by Crippen LogP contribution is 2.37. The summed E-state index contributed by atoms with van der Waals surface area (Å²) in [5.41, 5.74) is 4.14. The van der Waals surface area contributed by atoms with Gasteiger partial charge < -0.3 is 4.98 Å². The molecule has 4 heterocycles. The Bertz CT molecular complexity index is 829. The molecule has 7 heteroatoms. The number of nitrogens with two attached hydrogens (primary N) is 1. The molecule has 4 rings (SSSR count). The largest absolute Gasteiger partial charge is 0.346 e. The number of nitrogens with one attached hydrogen (secondary N) is 1. The third kappa shape index (κ3) is 3.18. The Morgan fingerprint density at radius 3 is 2.77 bits per heavy atom. The molecule has 0 aromatic carbocycles. The lowest BCUT2D eigenvalue weighted by atomic mass is 9.90. The Hall–Kier alpha value is -2.77. The molecule has 2 aromatic heterocycles. The van der Waals surface area contributed by atoms with Crippen LogP contribution in [-0.4, -0.2) is 46.0 Å². The van der Waals surface area contributed by atoms with Gasteiger partial charge in [-0.05, 0) is 56.4 Å². The van der Waals surface area contributed by atoms with Crippen molar-refractivity contribution in [3.05, 3.63) is 53.6 Å². The average molecular weight is 349 g/mol. The van der Waals surface area contributed by atoms with Crippen LogP contribution in [0.1, 0.15) is 24.0 Å². The third-order valence-corrected chi connectivity index (χ3v) is 5.09. The van der Waals surface area contributed by atoms with E-state index in [4.69, 9.17) is 5.84 Å². The number of allylic oxidation sites excluding steroid dienone is 1. The Morgan fingerprint density at radius 2 is 2.04 bits per heavy atom. The lowest BCUT2D eigenvalue weighted by Crippen LogP contribution is -2.36. The van der Waals surface area contributed by atoms with Crippen molar-refractivity contribution in [2.24, 2.45) is 21.7 Å². The lowest BCUT2D eigenvalue weighted by Gasteiger charge is -2.34. The maximum atomic E-state index is 6.17. The summed E-state index contributed by atoms with van der Waals surface area (Å²) in [6.07, 6.45) is 9.26. The number of fused-ring (bicyclic) bond motifs is 1. The first-order valence-electron chi connectivity index (χ1n) is 8.84. The molecular weight excluding hydrogens is 326 g/mol. The smallest absolute Gasteiger partial charge is 0.141 e. The Kier molecular flexibility index (Phi) is 4.64. The molecule has 2 aromatic rings. The van der Waals surface area contributed by atoms with Crippen molar-refractivity contribution in [1.29, 1.82) is 0 Å². The molecule has 2 aliphatic rings. The minimum atomic E-state index is 0.344. The van der Waals surface area contributed by atoms with E-state index in [9.17, 15) is 0 Å². The van der Waals surface area contributed by atoms with Crippen LogP contribution in [0.15, 0.2) is 52.5 Å². The van der Waals surface area contributed by atoms with E-state index in [2.05, 4.69) is 43.7 Å². The Labute approximate surface area is 152 Å². The summed E-state index contributed by atoms with van der Waals surface area (Å²) in [6, 6.07) is 6.14. The van der Waals surface area contributed by atoms with Crippen LogP contribution in [0, 0.1) is 5.92 Å². The van der Waals surface area contributed by atoms with Crippen LogP contribution in [0.4, 0.5) is 5.82 Å². The van der Waals surface area contributed by atoms with Gasteiger partial charge in [-0.25, -0.2) is 10.8 Å². The van der Waals surface area contributed by atoms with Crippen molar-refractivity contribution in [1.82, 2.24) is 19.9 Å². The second-order valence-corrected chi connectivity index (χ2v) is 6.69. The van der Waals surface area contributed by atoms with Gasteiger partial charge >= 0.3 is 0 Å². The number of rotatable bonds is 4. The molecule has 0 atom stereocenters. The Morgan fingerprint density at radius 1 is 1.27 bits per heavy atom. The van der Waals surface area contributed by atoms with E-state index in [-0.39, 0.29) is 0 Å². The number of aromatic amines is 1. The number of aliphatic imine (C=N–C) groups is 2. The number of hydrazine groups is 1. The predicted octanol–water partition coefficient (Wildman–Crippen LogP) is 2.54. The van der Waals surface area contributed by atoms with E-state index in [1.165, 1.54) is 5.56 Å². The molecular formula is C19H23N7. The first-order valence-corrected chi connectivity index (χ1v) is 8.84. The molecule has 2 aliphatic heterocycles. The summed E-state index contributed by atoms with van der Waals surface area (Å²) in [5, 5.41) is 1.56. The molecule has 1 fully saturated rings. The number of likely N-dealkylation sites (tertiary alicyclic amines) is 1. The molecule has 26 heavy (non-hydrogen) atoms. The summed E-state index contributed by atoms with van der Waals surface area (Å²) in [5.74, 6) is 7.34. The highest BCUT2D eigenvalue weighted by molar-refractivity contribution is 5.87. The highest BCUT2D eigenvalue weighted by Gasteiger charge is 2.28. The van der Waals surface area contributed by atoms with E-state index in [1.807, 2.05) is 24.7 Å². The number of piperidine rings is 1. The van der Waals surface area contributed by atoms with Crippen LogP contribution in [0.3, 0.4) is 0 Å². The van der Waals surface area contributed by atoms with Gasteiger partial charge in [0.05, 0.1) is 11.4 Å². The highest BCUT2D eigenvalue weighted by atomic mass is 15.4. The molecule has 0 spiro atoms. The number of nitrogens with zero attached hydrogens (tertiary/aromatic N) is 5. The van der Waals surface area contributed by atoms with Crippen LogP contribution < -0.4 is 5.84 Å². The van der Waals surface area contributed by atoms with E-state index in [0.717, 1.165) is 55.3 Å². The lowest BCUT2D eigenvalue weighted by molar-refractivity contribution is 0.190. The van der Waals surface area contributed by atoms with Gasteiger partial charge in [-0.1, -0.05) is 0 Å². The first-order chi connectivity index (χ1) is 12.8. The van der Waals surface area contributed by atoms with E-state index < -0.39 is 0 Å². The number of hydrogen-bond donors (Lipinski definition) is 2. The zero-order valence-corrected chi connectivity index (χ0v) is 14.7. The van der Waals surface area contributed by atoms with Gasteiger partial charge in [-0.3, -0.25) is 19.9 Å². The standard InChI is InChI=1S/C19H23N7/c1-21-17(18-16-4-9-23-19(16)24-13-26(18)20)15-5-10-25(11-6-15)12-14-2-7-22-8-3-14/h2-4,7-9,13,15,23H,1,5-6,10-12,20H2/b18-17-. The molecule has 7 nitrogen and oxygen atoms in total. The topological polar surface area (TPSA) is 85.9 Å². The number of pyridine rings is 1. The van der Waals surface area contributed by atoms with Crippen LogP contribution >= 0.6 is 0 Å². The van der Waals surface area contributed by atoms with Crippen LogP contribution in [0.25, 0.3) is 5.70 Å². The van der Waals surface area contributed by atoms with Gasteiger partial charge in [0, 0.05) is 36.6 Å². The van der Waals surface area contributed by atoms with Crippen molar-refractivity contribution in [3.63, 3.8) is 0 Å². The van der Waals surface area contributed by atoms with Gasteiger partial charge in [0.2, 0.25) is 0 Å². The maximum Gasteiger partial charge on any atom is 0.141 e. The predicted molar refractivity (Wildman–Crippen MR) is 104 cm³/mol. The molecule has 1 saturated heterocycles. The average Bonchev–Trinajstić information content (AvgIpc) is 3.15. The summed E-state index contributed by atoms with van der Waals surface area (Å²) >= 11 is 0. The zero-order chi connectivity index (χ0) is 17.9. The van der Waals surface area contributed by atoms with Crippen molar-refractivity contribution >= 4 is 24.6 Å². The second-order valence-electron chi connectivity index (χ2n) is 6.69. The number of H-pyrrole nitrogens is 1. The number of aromatic nitrogens is 2. The van der Waals surface area contributed by atoms with Crippen LogP contribution in [0.5, 0.6) is 0 Å². The fourth-order valence-corrected chi connectivity index (χ4v) is 3.75. The molecule has 3 N–H and O–H groups in total. The SMILES string of the molecule is C=N/C(=C1/c2cc[nH]c2N=CN1N)C1CCN(Cc2ccncc2)CC1. The van der Waals surface area contributed by atoms with E-state index in [1.54, 1.807) is 11.3 Å². The normalized spacial score (nSPS) is 20.1. The first kappa shape index (κ1) is 16.7. The fourth-order valence-electron chi connectivity index (χ4n) is 3.75. The Balaban J connectivity index is 1.51. The summed E-state index contributed by atoms with van der Waals surface area (Å²) in [6.45, 7) is 6.83. The quantitative estimate of drug-likeness (QED) is 0.656. The summed E-state index contributed by atoms with van der Waals surface area (Å²) in [4.78, 5) is 18.4. The zero-order valence-electron chi connectivity index (χ0n) is 14.7. The monoisotopic (exact) mass is 349 g/mol. The summed E-state index contributed by atoms with van der Waals surface area (Å²) < 4.78 is 0. The van der Waals surface area contributed by atoms with Gasteiger partial charge in [0.1, 0.15) is 12.2 Å². The van der Waals surface area contributed by atoms with Crippen molar-refractivity contribution in [3.8, 4) is 0 Å². The fraction of sp³-hybridized carbons (Fsp3) is 0.316. The van der Waals surface area contributed by atoms with Gasteiger partial charge in [-0.2, -0.15) is 0 Å². The van der Waals surface area contributed by atoms with Crippen LogP contribution in [0.2, 0.25) is 0 Å². The molecule has 0 radical (unpaired) electrons. The van der Waals surface area contributed by atoms with Crippen LogP contribution in [-0.2, 0) is 6.54 Å². The maximum absolute atomic E-state index is 6.17. The minimum absolute atomic E-state index is 0.344. The number of hydrogen-bond acceptors (Lipinski definition) is 6. The van der Waals surface area contributed by atoms with Gasteiger partial charge in [0.15, 0.2) is 0 Å². The van der Waals surface area contributed by atoms with Crippen molar-refractivity contribution in [2.45, 2.75) is 19.4 Å². The minimum Gasteiger partial charge on any atom is -0.346 e. The molecule has 0 bridgehead atoms. The molecule has 0 unspecified atom stereocenters. The molecule has 0 saturated carbocycles. The van der Waals surface area contributed by atoms with Crippen molar-refractivity contribution < 1.29 is 0 Å². The van der Waals surface area contributed by atoms with E-state index in [0.29, 0.717) is 5.92 Å².